The smallest absolute Gasteiger partial charge is 0.200 e. The Morgan fingerprint density at radius 2 is 2.00 bits per heavy atom. The van der Waals surface area contributed by atoms with Crippen LogP contribution in [-0.4, -0.2) is 4.98 Å². The highest BCUT2D eigenvalue weighted by molar-refractivity contribution is 6.30. The molecular formula is C9H12ClNO. The minimum atomic E-state index is -0.125. The topological polar surface area (TPSA) is 32.9 Å². The highest BCUT2D eigenvalue weighted by Crippen LogP contribution is 2.18. The van der Waals surface area contributed by atoms with E-state index in [9.17, 15) is 4.79 Å². The normalized spacial score (nSPS) is 11.7. The standard InChI is InChI=1S/C9H12ClNO/c1-9(2,3)8-4-7(12)6(10)5-11-8/h4-5H,1-3H3,(H,11,12). The van der Waals surface area contributed by atoms with E-state index in [2.05, 4.69) is 4.98 Å². The van der Waals surface area contributed by atoms with Crippen molar-refractivity contribution in [1.29, 1.82) is 0 Å². The third-order valence-corrected chi connectivity index (χ3v) is 1.97. The maximum absolute atomic E-state index is 11.1. The van der Waals surface area contributed by atoms with Crippen LogP contribution in [0.5, 0.6) is 0 Å². The summed E-state index contributed by atoms with van der Waals surface area (Å²) in [7, 11) is 0. The van der Waals surface area contributed by atoms with Gasteiger partial charge in [0.15, 0.2) is 5.43 Å². The van der Waals surface area contributed by atoms with Gasteiger partial charge in [-0.1, -0.05) is 32.4 Å². The highest BCUT2D eigenvalue weighted by atomic mass is 35.5. The van der Waals surface area contributed by atoms with E-state index in [1.165, 1.54) is 6.20 Å². The number of pyridine rings is 1. The Kier molecular flexibility index (Phi) is 2.29. The third kappa shape index (κ3) is 1.89. The van der Waals surface area contributed by atoms with Gasteiger partial charge in [-0.15, -0.1) is 0 Å². The van der Waals surface area contributed by atoms with E-state index in [-0.39, 0.29) is 15.9 Å². The lowest BCUT2D eigenvalue weighted by Gasteiger charge is -2.17. The molecule has 0 aliphatic rings. The van der Waals surface area contributed by atoms with Crippen molar-refractivity contribution in [1.82, 2.24) is 4.98 Å². The van der Waals surface area contributed by atoms with E-state index in [0.717, 1.165) is 5.69 Å². The lowest BCUT2D eigenvalue weighted by atomic mass is 9.92. The Bertz CT molecular complexity index is 335. The largest absolute Gasteiger partial charge is 0.363 e. The van der Waals surface area contributed by atoms with E-state index in [4.69, 9.17) is 11.6 Å². The van der Waals surface area contributed by atoms with Gasteiger partial charge in [0.1, 0.15) is 5.02 Å². The van der Waals surface area contributed by atoms with Crippen molar-refractivity contribution in [2.75, 3.05) is 0 Å². The molecule has 2 nitrogen and oxygen atoms in total. The van der Waals surface area contributed by atoms with Gasteiger partial charge in [0.25, 0.3) is 0 Å². The van der Waals surface area contributed by atoms with Gasteiger partial charge in [-0.05, 0) is 0 Å². The summed E-state index contributed by atoms with van der Waals surface area (Å²) < 4.78 is 0. The first-order chi connectivity index (χ1) is 5.41. The Balaban J connectivity index is 3.23. The minimum absolute atomic E-state index is 0.0379. The first-order valence-electron chi connectivity index (χ1n) is 3.80. The van der Waals surface area contributed by atoms with Crippen LogP contribution in [0.1, 0.15) is 26.5 Å². The number of rotatable bonds is 0. The molecule has 1 aromatic heterocycles. The van der Waals surface area contributed by atoms with Crippen molar-refractivity contribution in [3.8, 4) is 0 Å². The van der Waals surface area contributed by atoms with Gasteiger partial charge >= 0.3 is 0 Å². The molecular weight excluding hydrogens is 174 g/mol. The van der Waals surface area contributed by atoms with Crippen molar-refractivity contribution >= 4 is 11.6 Å². The molecule has 1 aromatic rings. The van der Waals surface area contributed by atoms with Crippen LogP contribution < -0.4 is 5.43 Å². The van der Waals surface area contributed by atoms with Gasteiger partial charge in [0.05, 0.1) is 0 Å². The molecule has 1 heterocycles. The van der Waals surface area contributed by atoms with Gasteiger partial charge in [0.2, 0.25) is 0 Å². The Morgan fingerprint density at radius 3 is 2.42 bits per heavy atom. The van der Waals surface area contributed by atoms with Crippen LogP contribution in [0.25, 0.3) is 0 Å². The molecule has 0 fully saturated rings. The highest BCUT2D eigenvalue weighted by Gasteiger charge is 2.14. The van der Waals surface area contributed by atoms with Crippen LogP contribution in [0.4, 0.5) is 0 Å². The zero-order valence-corrected chi connectivity index (χ0v) is 8.20. The van der Waals surface area contributed by atoms with Gasteiger partial charge in [-0.2, -0.15) is 0 Å². The molecule has 0 aliphatic heterocycles. The minimum Gasteiger partial charge on any atom is -0.363 e. The summed E-state index contributed by atoms with van der Waals surface area (Å²) in [5.74, 6) is 0. The molecule has 0 unspecified atom stereocenters. The summed E-state index contributed by atoms with van der Waals surface area (Å²) in [6, 6.07) is 1.54. The molecule has 0 bridgehead atoms. The fraction of sp³-hybridized carbons (Fsp3) is 0.444. The number of hydrogen-bond donors (Lipinski definition) is 1. The van der Waals surface area contributed by atoms with Crippen molar-refractivity contribution in [2.24, 2.45) is 0 Å². The summed E-state index contributed by atoms with van der Waals surface area (Å²) in [5, 5.41) is 0.239. The average Bonchev–Trinajstić information content (AvgIpc) is 1.92. The first kappa shape index (κ1) is 9.33. The number of halogens is 1. The van der Waals surface area contributed by atoms with E-state index in [1.807, 2.05) is 20.8 Å². The summed E-state index contributed by atoms with van der Waals surface area (Å²) in [6.07, 6.45) is 1.53. The van der Waals surface area contributed by atoms with E-state index in [0.29, 0.717) is 0 Å². The second-order valence-electron chi connectivity index (χ2n) is 3.81. The summed E-state index contributed by atoms with van der Waals surface area (Å²) >= 11 is 5.59. The molecule has 0 aliphatic carbocycles. The predicted octanol–water partition coefficient (Wildman–Crippen LogP) is 2.33. The summed E-state index contributed by atoms with van der Waals surface area (Å²) in [6.45, 7) is 6.10. The molecule has 0 spiro atoms. The molecule has 12 heavy (non-hydrogen) atoms. The second-order valence-corrected chi connectivity index (χ2v) is 4.22. The van der Waals surface area contributed by atoms with E-state index < -0.39 is 0 Å². The lowest BCUT2D eigenvalue weighted by Crippen LogP contribution is -2.17. The molecule has 0 saturated carbocycles. The Labute approximate surface area is 76.6 Å². The van der Waals surface area contributed by atoms with Crippen molar-refractivity contribution < 1.29 is 0 Å². The zero-order chi connectivity index (χ0) is 9.35. The molecule has 0 atom stereocenters. The number of H-pyrrole nitrogens is 1. The fourth-order valence-electron chi connectivity index (χ4n) is 0.887. The average molecular weight is 186 g/mol. The van der Waals surface area contributed by atoms with Crippen LogP contribution in [0.15, 0.2) is 17.1 Å². The van der Waals surface area contributed by atoms with Crippen LogP contribution in [0.3, 0.4) is 0 Å². The quantitative estimate of drug-likeness (QED) is 0.661. The van der Waals surface area contributed by atoms with Crippen LogP contribution in [0, 0.1) is 0 Å². The molecule has 0 amide bonds. The Morgan fingerprint density at radius 1 is 1.42 bits per heavy atom. The molecule has 1 rings (SSSR count). The molecule has 0 radical (unpaired) electrons. The van der Waals surface area contributed by atoms with Crippen molar-refractivity contribution in [3.63, 3.8) is 0 Å². The SMILES string of the molecule is CC(C)(C)c1cc(=O)c(Cl)c[nH]1. The lowest BCUT2D eigenvalue weighted by molar-refractivity contribution is 0.568. The number of nitrogens with one attached hydrogen (secondary N) is 1. The number of aromatic nitrogens is 1. The Hall–Kier alpha value is -0.760. The van der Waals surface area contributed by atoms with Gasteiger partial charge in [-0.25, -0.2) is 0 Å². The summed E-state index contributed by atoms with van der Waals surface area (Å²) in [4.78, 5) is 14.1. The van der Waals surface area contributed by atoms with Crippen LogP contribution in [-0.2, 0) is 5.41 Å². The predicted molar refractivity (Wildman–Crippen MR) is 50.8 cm³/mol. The molecule has 3 heteroatoms. The maximum Gasteiger partial charge on any atom is 0.200 e. The van der Waals surface area contributed by atoms with Gasteiger partial charge in [0, 0.05) is 23.4 Å². The molecule has 0 aromatic carbocycles. The van der Waals surface area contributed by atoms with Crippen LogP contribution >= 0.6 is 11.6 Å². The monoisotopic (exact) mass is 185 g/mol. The maximum atomic E-state index is 11.1. The van der Waals surface area contributed by atoms with Crippen molar-refractivity contribution in [2.45, 2.75) is 26.2 Å². The van der Waals surface area contributed by atoms with E-state index >= 15 is 0 Å². The van der Waals surface area contributed by atoms with Gasteiger partial charge in [-0.3, -0.25) is 4.79 Å². The number of aromatic amines is 1. The molecule has 1 N–H and O–H groups in total. The first-order valence-corrected chi connectivity index (χ1v) is 4.18. The third-order valence-electron chi connectivity index (χ3n) is 1.67. The van der Waals surface area contributed by atoms with Gasteiger partial charge < -0.3 is 4.98 Å². The second kappa shape index (κ2) is 2.94. The number of hydrogen-bond acceptors (Lipinski definition) is 1. The summed E-state index contributed by atoms with van der Waals surface area (Å²) in [5.41, 5.74) is 0.737. The van der Waals surface area contributed by atoms with Crippen molar-refractivity contribution in [3.05, 3.63) is 33.2 Å². The van der Waals surface area contributed by atoms with Crippen LogP contribution in [0.2, 0.25) is 5.02 Å². The molecule has 66 valence electrons. The fourth-order valence-corrected chi connectivity index (χ4v) is 0.996. The molecule has 0 saturated heterocycles. The zero-order valence-electron chi connectivity index (χ0n) is 7.44. The van der Waals surface area contributed by atoms with E-state index in [1.54, 1.807) is 6.07 Å².